The van der Waals surface area contributed by atoms with Crippen molar-refractivity contribution in [2.75, 3.05) is 32.7 Å². The van der Waals surface area contributed by atoms with Crippen LogP contribution < -0.4 is 4.90 Å². The molecule has 0 atom stereocenters. The van der Waals surface area contributed by atoms with E-state index in [1.165, 1.54) is 5.56 Å². The zero-order valence-corrected chi connectivity index (χ0v) is 17.2. The lowest BCUT2D eigenvalue weighted by Crippen LogP contribution is -3.14. The van der Waals surface area contributed by atoms with Gasteiger partial charge in [0.05, 0.1) is 50.5 Å². The summed E-state index contributed by atoms with van der Waals surface area (Å²) in [5.74, 6) is 0.634. The van der Waals surface area contributed by atoms with Gasteiger partial charge in [-0.3, -0.25) is 9.48 Å². The maximum absolute atomic E-state index is 13.3. The molecule has 27 heavy (non-hydrogen) atoms. The first-order valence-corrected chi connectivity index (χ1v) is 10.2. The average molecular weight is 370 g/mol. The van der Waals surface area contributed by atoms with E-state index in [4.69, 9.17) is 5.10 Å². The number of rotatable bonds is 6. The molecule has 1 aliphatic heterocycles. The molecular weight excluding hydrogens is 336 g/mol. The van der Waals surface area contributed by atoms with Crippen LogP contribution >= 0.6 is 0 Å². The van der Waals surface area contributed by atoms with Gasteiger partial charge in [-0.1, -0.05) is 44.2 Å². The van der Waals surface area contributed by atoms with Crippen molar-refractivity contribution in [1.82, 2.24) is 14.7 Å². The van der Waals surface area contributed by atoms with Crippen LogP contribution in [0.2, 0.25) is 0 Å². The highest BCUT2D eigenvalue weighted by Gasteiger charge is 2.29. The van der Waals surface area contributed by atoms with Crippen molar-refractivity contribution in [3.63, 3.8) is 0 Å². The van der Waals surface area contributed by atoms with E-state index in [2.05, 4.69) is 32.9 Å². The molecule has 0 saturated carbocycles. The molecule has 1 aromatic heterocycles. The Morgan fingerprint density at radius 1 is 1.19 bits per heavy atom. The molecule has 5 nitrogen and oxygen atoms in total. The van der Waals surface area contributed by atoms with Crippen LogP contribution in [0.4, 0.5) is 0 Å². The van der Waals surface area contributed by atoms with E-state index < -0.39 is 0 Å². The Bertz CT molecular complexity index is 758. The minimum Gasteiger partial charge on any atom is -0.332 e. The number of nitrogens with one attached hydrogen (secondary N) is 1. The minimum atomic E-state index is 0.164. The largest absolute Gasteiger partial charge is 0.332 e. The highest BCUT2D eigenvalue weighted by molar-refractivity contribution is 5.96. The van der Waals surface area contributed by atoms with Crippen LogP contribution in [0.1, 0.15) is 48.1 Å². The smallest absolute Gasteiger partial charge is 0.258 e. The molecule has 2 heterocycles. The monoisotopic (exact) mass is 369 g/mol. The number of nitrogens with zero attached hydrogens (tertiary/aromatic N) is 3. The van der Waals surface area contributed by atoms with Crippen molar-refractivity contribution in [3.8, 4) is 0 Å². The Balaban J connectivity index is 1.87. The topological polar surface area (TPSA) is 42.6 Å². The van der Waals surface area contributed by atoms with Crippen LogP contribution in [-0.2, 0) is 13.0 Å². The molecule has 0 aliphatic carbocycles. The molecule has 1 saturated heterocycles. The molecule has 5 heteroatoms. The standard InChI is InChI=1S/C22H32N4O/c1-5-24-11-13-25(14-12-24)22(27)21-18(4)26(23-20(21)15-17(2)3)16-19-9-7-6-8-10-19/h6-10,17H,5,11-16H2,1-4H3/p+1. The van der Waals surface area contributed by atoms with Crippen LogP contribution in [0.15, 0.2) is 30.3 Å². The second-order valence-corrected chi connectivity index (χ2v) is 8.04. The fraction of sp³-hybridized carbons (Fsp3) is 0.545. The molecule has 1 aromatic carbocycles. The summed E-state index contributed by atoms with van der Waals surface area (Å²) in [6.07, 6.45) is 0.837. The van der Waals surface area contributed by atoms with Gasteiger partial charge in [0.1, 0.15) is 0 Å². The summed E-state index contributed by atoms with van der Waals surface area (Å²) in [6.45, 7) is 14.2. The normalized spacial score (nSPS) is 15.5. The SMILES string of the molecule is CC[NH+]1CCN(C(=O)c2c(CC(C)C)nn(Cc3ccccc3)c2C)CC1. The van der Waals surface area contributed by atoms with Crippen molar-refractivity contribution in [3.05, 3.63) is 52.8 Å². The van der Waals surface area contributed by atoms with Gasteiger partial charge < -0.3 is 9.80 Å². The van der Waals surface area contributed by atoms with Gasteiger partial charge in [0.15, 0.2) is 0 Å². The molecular formula is C22H33N4O+. The number of hydrogen-bond acceptors (Lipinski definition) is 2. The lowest BCUT2D eigenvalue weighted by molar-refractivity contribution is -0.902. The number of likely N-dealkylation sites (N-methyl/N-ethyl adjacent to an activating group) is 1. The Morgan fingerprint density at radius 2 is 1.85 bits per heavy atom. The summed E-state index contributed by atoms with van der Waals surface area (Å²) in [4.78, 5) is 17.0. The zero-order chi connectivity index (χ0) is 19.4. The van der Waals surface area contributed by atoms with Gasteiger partial charge in [0.2, 0.25) is 0 Å². The number of quaternary nitrogens is 1. The summed E-state index contributed by atoms with van der Waals surface area (Å²) in [5, 5.41) is 4.86. The second-order valence-electron chi connectivity index (χ2n) is 8.04. The second kappa shape index (κ2) is 8.70. The van der Waals surface area contributed by atoms with Crippen molar-refractivity contribution < 1.29 is 9.69 Å². The minimum absolute atomic E-state index is 0.164. The molecule has 1 amide bonds. The van der Waals surface area contributed by atoms with E-state index in [-0.39, 0.29) is 5.91 Å². The van der Waals surface area contributed by atoms with Crippen LogP contribution in [0, 0.1) is 12.8 Å². The van der Waals surface area contributed by atoms with Gasteiger partial charge in [-0.25, -0.2) is 0 Å². The average Bonchev–Trinajstić information content (AvgIpc) is 2.96. The van der Waals surface area contributed by atoms with Crippen molar-refractivity contribution >= 4 is 5.91 Å². The summed E-state index contributed by atoms with van der Waals surface area (Å²) in [5.41, 5.74) is 3.98. The third-order valence-corrected chi connectivity index (χ3v) is 5.53. The van der Waals surface area contributed by atoms with Gasteiger partial charge >= 0.3 is 0 Å². The lowest BCUT2D eigenvalue weighted by Gasteiger charge is -2.31. The molecule has 3 rings (SSSR count). The number of hydrogen-bond donors (Lipinski definition) is 1. The Morgan fingerprint density at radius 3 is 2.44 bits per heavy atom. The van der Waals surface area contributed by atoms with Gasteiger partial charge in [-0.15, -0.1) is 0 Å². The van der Waals surface area contributed by atoms with Crippen LogP contribution in [0.5, 0.6) is 0 Å². The first-order valence-electron chi connectivity index (χ1n) is 10.2. The maximum Gasteiger partial charge on any atom is 0.258 e. The quantitative estimate of drug-likeness (QED) is 0.844. The number of benzene rings is 1. The number of carbonyl (C=O) groups excluding carboxylic acids is 1. The Hall–Kier alpha value is -2.14. The molecule has 1 fully saturated rings. The maximum atomic E-state index is 13.3. The summed E-state index contributed by atoms with van der Waals surface area (Å²) >= 11 is 0. The van der Waals surface area contributed by atoms with Gasteiger partial charge in [0, 0.05) is 5.69 Å². The number of carbonyl (C=O) groups is 1. The summed E-state index contributed by atoms with van der Waals surface area (Å²) < 4.78 is 2.01. The van der Waals surface area contributed by atoms with Crippen molar-refractivity contribution in [1.29, 1.82) is 0 Å². The molecule has 0 spiro atoms. The van der Waals surface area contributed by atoms with E-state index in [0.29, 0.717) is 12.5 Å². The first-order chi connectivity index (χ1) is 13.0. The Kier molecular flexibility index (Phi) is 6.32. The number of amides is 1. The summed E-state index contributed by atoms with van der Waals surface area (Å²) in [7, 11) is 0. The third kappa shape index (κ3) is 4.59. The molecule has 0 radical (unpaired) electrons. The molecule has 2 aromatic rings. The Labute approximate surface area is 163 Å². The number of aromatic nitrogens is 2. The highest BCUT2D eigenvalue weighted by Crippen LogP contribution is 2.21. The molecule has 1 N–H and O–H groups in total. The predicted octanol–water partition coefficient (Wildman–Crippen LogP) is 1.80. The van der Waals surface area contributed by atoms with E-state index in [1.54, 1.807) is 4.90 Å². The predicted molar refractivity (Wildman–Crippen MR) is 108 cm³/mol. The first kappa shape index (κ1) is 19.6. The molecule has 1 aliphatic rings. The fourth-order valence-corrected chi connectivity index (χ4v) is 3.86. The van der Waals surface area contributed by atoms with Gasteiger partial charge in [0.25, 0.3) is 5.91 Å². The highest BCUT2D eigenvalue weighted by atomic mass is 16.2. The van der Waals surface area contributed by atoms with E-state index in [0.717, 1.165) is 56.1 Å². The molecule has 0 unspecified atom stereocenters. The third-order valence-electron chi connectivity index (χ3n) is 5.53. The molecule has 0 bridgehead atoms. The molecule has 146 valence electrons. The van der Waals surface area contributed by atoms with Crippen molar-refractivity contribution in [2.24, 2.45) is 5.92 Å². The zero-order valence-electron chi connectivity index (χ0n) is 17.2. The van der Waals surface area contributed by atoms with Gasteiger partial charge in [-0.2, -0.15) is 5.10 Å². The summed E-state index contributed by atoms with van der Waals surface area (Å²) in [6, 6.07) is 10.3. The van der Waals surface area contributed by atoms with Crippen molar-refractivity contribution in [2.45, 2.75) is 40.7 Å². The fourth-order valence-electron chi connectivity index (χ4n) is 3.86. The lowest BCUT2D eigenvalue weighted by atomic mass is 10.0. The van der Waals surface area contributed by atoms with Gasteiger partial charge in [-0.05, 0) is 31.7 Å². The van der Waals surface area contributed by atoms with Crippen LogP contribution in [-0.4, -0.2) is 53.3 Å². The van der Waals surface area contributed by atoms with E-state index >= 15 is 0 Å². The van der Waals surface area contributed by atoms with E-state index in [1.807, 2.05) is 34.7 Å². The van der Waals surface area contributed by atoms with Crippen LogP contribution in [0.3, 0.4) is 0 Å². The van der Waals surface area contributed by atoms with E-state index in [9.17, 15) is 4.79 Å². The number of piperazine rings is 1. The van der Waals surface area contributed by atoms with Crippen LogP contribution in [0.25, 0.3) is 0 Å².